The Morgan fingerprint density at radius 1 is 1.10 bits per heavy atom. The highest BCUT2D eigenvalue weighted by atomic mass is 32.2. The first-order chi connectivity index (χ1) is 14.3. The smallest absolute Gasteiger partial charge is 0.249 e. The summed E-state index contributed by atoms with van der Waals surface area (Å²) in [5.41, 5.74) is 1.05. The van der Waals surface area contributed by atoms with Crippen LogP contribution in [0.1, 0.15) is 13.3 Å². The fourth-order valence-corrected chi connectivity index (χ4v) is 5.83. The average molecular weight is 449 g/mol. The number of benzene rings is 2. The van der Waals surface area contributed by atoms with Gasteiger partial charge >= 0.3 is 0 Å². The first kappa shape index (κ1) is 20.9. The third kappa shape index (κ3) is 3.72. The third-order valence-electron chi connectivity index (χ3n) is 5.51. The Morgan fingerprint density at radius 2 is 1.73 bits per heavy atom. The SMILES string of the molecule is COc1ccc(N2CC[C@@](C)(C(=O)Nc3ccc(OC4CSC4)cc3)S2(=O)=O)cc1. The standard InChI is InChI=1S/C21H24N2O5S2/c1-21(11-12-23(30(21,25)26)16-5-9-17(27-2)10-6-16)20(24)22-15-3-7-18(8-4-15)28-19-13-29-14-19/h3-10,19H,11-14H2,1-2H3,(H,22,24)/t21-/m0/s1. The van der Waals surface area contributed by atoms with Gasteiger partial charge < -0.3 is 14.8 Å². The molecule has 160 valence electrons. The van der Waals surface area contributed by atoms with Crippen molar-refractivity contribution in [2.45, 2.75) is 24.2 Å². The molecule has 2 aliphatic rings. The van der Waals surface area contributed by atoms with Crippen LogP contribution >= 0.6 is 11.8 Å². The summed E-state index contributed by atoms with van der Waals surface area (Å²) in [6, 6.07) is 13.8. The van der Waals surface area contributed by atoms with Gasteiger partial charge in [0.25, 0.3) is 0 Å². The molecule has 4 rings (SSSR count). The van der Waals surface area contributed by atoms with E-state index in [1.165, 1.54) is 11.2 Å². The number of methoxy groups -OCH3 is 1. The Morgan fingerprint density at radius 3 is 2.30 bits per heavy atom. The molecule has 0 saturated carbocycles. The van der Waals surface area contributed by atoms with E-state index in [9.17, 15) is 13.2 Å². The van der Waals surface area contributed by atoms with Crippen molar-refractivity contribution in [2.24, 2.45) is 0 Å². The molecule has 0 radical (unpaired) electrons. The van der Waals surface area contributed by atoms with E-state index in [0.717, 1.165) is 17.3 Å². The highest BCUT2D eigenvalue weighted by molar-refractivity contribution is 8.00. The molecule has 1 N–H and O–H groups in total. The zero-order chi connectivity index (χ0) is 21.4. The van der Waals surface area contributed by atoms with Gasteiger partial charge in [0.1, 0.15) is 17.6 Å². The van der Waals surface area contributed by atoms with Crippen LogP contribution in [0.4, 0.5) is 11.4 Å². The molecule has 2 fully saturated rings. The fourth-order valence-electron chi connectivity index (χ4n) is 3.41. The molecule has 1 atom stereocenters. The maximum Gasteiger partial charge on any atom is 0.249 e. The van der Waals surface area contributed by atoms with Crippen LogP contribution in [0.5, 0.6) is 11.5 Å². The number of carbonyl (C=O) groups excluding carboxylic acids is 1. The van der Waals surface area contributed by atoms with E-state index in [2.05, 4.69) is 5.32 Å². The number of sulfonamides is 1. The van der Waals surface area contributed by atoms with E-state index in [1.54, 1.807) is 55.6 Å². The number of hydrogen-bond acceptors (Lipinski definition) is 6. The van der Waals surface area contributed by atoms with Gasteiger partial charge in [-0.15, -0.1) is 0 Å². The molecule has 2 aliphatic heterocycles. The molecule has 0 spiro atoms. The van der Waals surface area contributed by atoms with Crippen LogP contribution in [0.3, 0.4) is 0 Å². The van der Waals surface area contributed by atoms with Crippen LogP contribution in [0.25, 0.3) is 0 Å². The molecule has 2 heterocycles. The highest BCUT2D eigenvalue weighted by Gasteiger charge is 2.54. The molecule has 2 aromatic rings. The molecular weight excluding hydrogens is 424 g/mol. The Balaban J connectivity index is 1.47. The van der Waals surface area contributed by atoms with Gasteiger partial charge in [0, 0.05) is 23.7 Å². The van der Waals surface area contributed by atoms with Crippen LogP contribution in [0.2, 0.25) is 0 Å². The lowest BCUT2D eigenvalue weighted by Gasteiger charge is -2.26. The lowest BCUT2D eigenvalue weighted by atomic mass is 10.1. The fraction of sp³-hybridized carbons (Fsp3) is 0.381. The van der Waals surface area contributed by atoms with Gasteiger partial charge in [-0.05, 0) is 61.9 Å². The predicted molar refractivity (Wildman–Crippen MR) is 119 cm³/mol. The quantitative estimate of drug-likeness (QED) is 0.731. The van der Waals surface area contributed by atoms with Crippen LogP contribution in [0.15, 0.2) is 48.5 Å². The number of nitrogens with zero attached hydrogens (tertiary/aromatic N) is 1. The highest BCUT2D eigenvalue weighted by Crippen LogP contribution is 2.38. The summed E-state index contributed by atoms with van der Waals surface area (Å²) < 4.78 is 37.1. The van der Waals surface area contributed by atoms with Crippen molar-refractivity contribution in [3.8, 4) is 11.5 Å². The first-order valence-electron chi connectivity index (χ1n) is 9.66. The van der Waals surface area contributed by atoms with E-state index in [1.807, 2.05) is 11.8 Å². The van der Waals surface area contributed by atoms with Gasteiger partial charge in [-0.1, -0.05) is 0 Å². The number of hydrogen-bond donors (Lipinski definition) is 1. The van der Waals surface area contributed by atoms with Gasteiger partial charge in [0.15, 0.2) is 4.75 Å². The minimum atomic E-state index is -3.89. The summed E-state index contributed by atoms with van der Waals surface area (Å²) in [6.07, 6.45) is 0.440. The Hall–Kier alpha value is -2.39. The normalized spacial score (nSPS) is 22.9. The van der Waals surface area contributed by atoms with E-state index in [-0.39, 0.29) is 19.1 Å². The van der Waals surface area contributed by atoms with Crippen LogP contribution in [0, 0.1) is 0 Å². The molecule has 9 heteroatoms. The zero-order valence-corrected chi connectivity index (χ0v) is 18.5. The molecule has 0 aromatic heterocycles. The summed E-state index contributed by atoms with van der Waals surface area (Å²) in [5.74, 6) is 2.81. The van der Waals surface area contributed by atoms with Crippen molar-refractivity contribution in [3.63, 3.8) is 0 Å². The topological polar surface area (TPSA) is 84.9 Å². The van der Waals surface area contributed by atoms with Crippen molar-refractivity contribution >= 4 is 39.1 Å². The van der Waals surface area contributed by atoms with Crippen LogP contribution in [-0.4, -0.2) is 50.3 Å². The molecular formula is C21H24N2O5S2. The second kappa shape index (κ2) is 8.03. The van der Waals surface area contributed by atoms with Gasteiger partial charge in [-0.2, -0.15) is 11.8 Å². The minimum absolute atomic E-state index is 0.202. The van der Waals surface area contributed by atoms with Crippen LogP contribution in [-0.2, 0) is 14.8 Å². The number of ether oxygens (including phenoxy) is 2. The van der Waals surface area contributed by atoms with E-state index < -0.39 is 20.7 Å². The lowest BCUT2D eigenvalue weighted by molar-refractivity contribution is -0.118. The van der Waals surface area contributed by atoms with Gasteiger partial charge in [0.05, 0.1) is 12.8 Å². The monoisotopic (exact) mass is 448 g/mol. The molecule has 0 unspecified atom stereocenters. The van der Waals surface area contributed by atoms with Crippen molar-refractivity contribution in [3.05, 3.63) is 48.5 Å². The minimum Gasteiger partial charge on any atom is -0.497 e. The van der Waals surface area contributed by atoms with E-state index in [0.29, 0.717) is 17.1 Å². The number of carbonyl (C=O) groups is 1. The molecule has 0 bridgehead atoms. The number of nitrogens with one attached hydrogen (secondary N) is 1. The molecule has 1 amide bonds. The van der Waals surface area contributed by atoms with Gasteiger partial charge in [-0.25, -0.2) is 8.42 Å². The van der Waals surface area contributed by atoms with E-state index >= 15 is 0 Å². The maximum atomic E-state index is 13.2. The Bertz CT molecular complexity index is 1020. The largest absolute Gasteiger partial charge is 0.497 e. The molecule has 0 aliphatic carbocycles. The van der Waals surface area contributed by atoms with Crippen molar-refractivity contribution < 1.29 is 22.7 Å². The van der Waals surface area contributed by atoms with Crippen molar-refractivity contribution in [2.75, 3.05) is 34.8 Å². The number of rotatable bonds is 6. The number of amides is 1. The van der Waals surface area contributed by atoms with Crippen molar-refractivity contribution in [1.82, 2.24) is 0 Å². The number of thioether (sulfide) groups is 1. The van der Waals surface area contributed by atoms with Gasteiger partial charge in [-0.3, -0.25) is 9.10 Å². The number of anilines is 2. The Kier molecular flexibility index (Phi) is 5.59. The van der Waals surface area contributed by atoms with E-state index in [4.69, 9.17) is 9.47 Å². The Labute approximate surface area is 180 Å². The zero-order valence-electron chi connectivity index (χ0n) is 16.8. The molecule has 2 aromatic carbocycles. The summed E-state index contributed by atoms with van der Waals surface area (Å²) >= 11 is 1.84. The van der Waals surface area contributed by atoms with Crippen molar-refractivity contribution in [1.29, 1.82) is 0 Å². The maximum absolute atomic E-state index is 13.2. The molecule has 2 saturated heterocycles. The summed E-state index contributed by atoms with van der Waals surface area (Å²) in [4.78, 5) is 13.0. The lowest BCUT2D eigenvalue weighted by Crippen LogP contribution is -2.47. The molecule has 30 heavy (non-hydrogen) atoms. The first-order valence-corrected chi connectivity index (χ1v) is 12.3. The average Bonchev–Trinajstić information content (AvgIpc) is 2.96. The summed E-state index contributed by atoms with van der Waals surface area (Å²) in [7, 11) is -2.34. The third-order valence-corrected chi connectivity index (χ3v) is 9.23. The van der Waals surface area contributed by atoms with Gasteiger partial charge in [0.2, 0.25) is 15.9 Å². The predicted octanol–water partition coefficient (Wildman–Crippen LogP) is 3.13. The van der Waals surface area contributed by atoms with Crippen LogP contribution < -0.4 is 19.1 Å². The summed E-state index contributed by atoms with van der Waals surface area (Å²) in [6.45, 7) is 1.72. The second-order valence-corrected chi connectivity index (χ2v) is 10.9. The summed E-state index contributed by atoms with van der Waals surface area (Å²) in [5, 5.41) is 2.75. The second-order valence-electron chi connectivity index (χ2n) is 7.51. The molecule has 7 nitrogen and oxygen atoms in total.